The van der Waals surface area contributed by atoms with E-state index in [0.29, 0.717) is 6.42 Å². The summed E-state index contributed by atoms with van der Waals surface area (Å²) in [4.78, 5) is 21.4. The van der Waals surface area contributed by atoms with Gasteiger partial charge in [0.05, 0.1) is 12.3 Å². The lowest BCUT2D eigenvalue weighted by atomic mass is 9.97. The van der Waals surface area contributed by atoms with Crippen molar-refractivity contribution in [1.29, 1.82) is 0 Å². The van der Waals surface area contributed by atoms with E-state index in [0.717, 1.165) is 32.1 Å². The number of unbranched alkanes of at least 4 members (excludes halogenated alkanes) is 14. The Morgan fingerprint density at radius 3 is 1.18 bits per heavy atom. The lowest BCUT2D eigenvalue weighted by Crippen LogP contribution is -2.17. The topological polar surface area (TPSA) is 74.6 Å². The van der Waals surface area contributed by atoms with Crippen LogP contribution in [0.1, 0.15) is 116 Å². The highest BCUT2D eigenvalue weighted by atomic mass is 35.5. The Kier molecular flexibility index (Phi) is 19.5. The Balaban J connectivity index is 3.25. The van der Waals surface area contributed by atoms with Crippen LogP contribution in [0.2, 0.25) is 0 Å². The van der Waals surface area contributed by atoms with Gasteiger partial charge in [0.2, 0.25) is 0 Å². The van der Waals surface area contributed by atoms with E-state index < -0.39 is 17.9 Å². The summed E-state index contributed by atoms with van der Waals surface area (Å²) < 4.78 is 0. The van der Waals surface area contributed by atoms with Crippen LogP contribution in [0.5, 0.6) is 0 Å². The van der Waals surface area contributed by atoms with Crippen LogP contribution in [0.4, 0.5) is 0 Å². The molecule has 0 bridgehead atoms. The molecule has 0 aliphatic rings. The molecule has 0 amide bonds. The van der Waals surface area contributed by atoms with Gasteiger partial charge in [-0.25, -0.2) is 0 Å². The van der Waals surface area contributed by atoms with Gasteiger partial charge in [0.25, 0.3) is 0 Å². The highest BCUT2D eigenvalue weighted by Gasteiger charge is 2.20. The molecular weight excluding hydrogens is 399 g/mol. The normalized spacial score (nSPS) is 12.4. The minimum Gasteiger partial charge on any atom is -0.481 e. The van der Waals surface area contributed by atoms with Crippen molar-refractivity contribution in [3.05, 3.63) is 0 Å². The zero-order valence-corrected chi connectivity index (χ0v) is 18.9. The number of hydrogen-bond donors (Lipinski definition) is 2. The molecule has 0 aromatic rings. The van der Waals surface area contributed by atoms with Gasteiger partial charge in [0, 0.05) is 0 Å². The zero-order chi connectivity index (χ0) is 21.0. The standard InChI is InChI=1S/C22H40Cl2O4/c23-20(24)17-15-13-11-9-7-5-3-1-2-4-6-8-10-12-14-16-19(22(27)28)18-21(25)26/h19-20H,1-18H2,(H,25,26)(H,27,28). The van der Waals surface area contributed by atoms with Crippen molar-refractivity contribution < 1.29 is 19.8 Å². The molecule has 6 heteroatoms. The summed E-state index contributed by atoms with van der Waals surface area (Å²) in [5.74, 6) is -2.75. The Labute approximate surface area is 181 Å². The van der Waals surface area contributed by atoms with Gasteiger partial charge in [-0.3, -0.25) is 9.59 Å². The first-order valence-corrected chi connectivity index (χ1v) is 12.0. The first-order valence-electron chi connectivity index (χ1n) is 11.2. The van der Waals surface area contributed by atoms with Crippen molar-refractivity contribution in [2.75, 3.05) is 0 Å². The third-order valence-electron chi connectivity index (χ3n) is 5.25. The quantitative estimate of drug-likeness (QED) is 0.143. The molecule has 1 unspecified atom stereocenters. The minimum absolute atomic E-state index is 0.201. The van der Waals surface area contributed by atoms with Crippen LogP contribution in [0, 0.1) is 5.92 Å². The number of halogens is 2. The molecule has 0 aliphatic carbocycles. The van der Waals surface area contributed by atoms with Crippen molar-refractivity contribution in [1.82, 2.24) is 0 Å². The second-order valence-corrected chi connectivity index (χ2v) is 9.18. The summed E-state index contributed by atoms with van der Waals surface area (Å²) in [5, 5.41) is 17.7. The van der Waals surface area contributed by atoms with E-state index in [2.05, 4.69) is 0 Å². The molecule has 0 aliphatic heterocycles. The minimum atomic E-state index is -1.03. The SMILES string of the molecule is O=C(O)CC(CCCCCCCCCCCCCCCCCC(Cl)Cl)C(=O)O. The fourth-order valence-electron chi connectivity index (χ4n) is 3.51. The first kappa shape index (κ1) is 27.5. The van der Waals surface area contributed by atoms with Crippen molar-refractivity contribution in [3.63, 3.8) is 0 Å². The van der Waals surface area contributed by atoms with E-state index in [1.54, 1.807) is 0 Å². The third kappa shape index (κ3) is 20.3. The van der Waals surface area contributed by atoms with Crippen LogP contribution >= 0.6 is 23.2 Å². The fourth-order valence-corrected chi connectivity index (χ4v) is 3.82. The maximum atomic E-state index is 11.0. The molecule has 2 N–H and O–H groups in total. The summed E-state index contributed by atoms with van der Waals surface area (Å²) in [6.45, 7) is 0. The Hall–Kier alpha value is -0.480. The lowest BCUT2D eigenvalue weighted by molar-refractivity contribution is -0.148. The van der Waals surface area contributed by atoms with E-state index in [9.17, 15) is 9.59 Å². The fraction of sp³-hybridized carbons (Fsp3) is 0.909. The van der Waals surface area contributed by atoms with Crippen molar-refractivity contribution in [3.8, 4) is 0 Å². The second-order valence-electron chi connectivity index (χ2n) is 7.90. The van der Waals surface area contributed by atoms with Crippen LogP contribution < -0.4 is 0 Å². The number of carboxylic acid groups (broad SMARTS) is 2. The van der Waals surface area contributed by atoms with Crippen molar-refractivity contribution >= 4 is 35.1 Å². The first-order chi connectivity index (χ1) is 13.4. The molecule has 0 heterocycles. The smallest absolute Gasteiger partial charge is 0.307 e. The van der Waals surface area contributed by atoms with Gasteiger partial charge in [-0.15, -0.1) is 23.2 Å². The van der Waals surface area contributed by atoms with E-state index in [1.165, 1.54) is 70.6 Å². The van der Waals surface area contributed by atoms with Crippen LogP contribution in [0.25, 0.3) is 0 Å². The maximum absolute atomic E-state index is 11.0. The summed E-state index contributed by atoms with van der Waals surface area (Å²) in [7, 11) is 0. The van der Waals surface area contributed by atoms with Gasteiger partial charge in [-0.05, 0) is 12.8 Å². The summed E-state index contributed by atoms with van der Waals surface area (Å²) in [6, 6.07) is 0. The molecule has 0 rings (SSSR count). The number of hydrogen-bond acceptors (Lipinski definition) is 2. The number of aliphatic carboxylic acids is 2. The largest absolute Gasteiger partial charge is 0.481 e. The van der Waals surface area contributed by atoms with E-state index in [4.69, 9.17) is 33.4 Å². The van der Waals surface area contributed by atoms with Crippen LogP contribution in [-0.4, -0.2) is 27.0 Å². The number of carboxylic acids is 2. The van der Waals surface area contributed by atoms with Gasteiger partial charge < -0.3 is 10.2 Å². The number of carbonyl (C=O) groups is 2. The Morgan fingerprint density at radius 2 is 0.893 bits per heavy atom. The van der Waals surface area contributed by atoms with Gasteiger partial charge >= 0.3 is 11.9 Å². The van der Waals surface area contributed by atoms with Crippen molar-refractivity contribution in [2.24, 2.45) is 5.92 Å². The number of rotatable bonds is 21. The van der Waals surface area contributed by atoms with E-state index in [1.807, 2.05) is 0 Å². The average molecular weight is 439 g/mol. The monoisotopic (exact) mass is 438 g/mol. The molecule has 0 spiro atoms. The maximum Gasteiger partial charge on any atom is 0.307 e. The molecular formula is C22H40Cl2O4. The summed E-state index contributed by atoms with van der Waals surface area (Å²) in [6.07, 6.45) is 19.4. The van der Waals surface area contributed by atoms with E-state index >= 15 is 0 Å². The molecule has 0 fully saturated rings. The highest BCUT2D eigenvalue weighted by molar-refractivity contribution is 6.44. The molecule has 166 valence electrons. The van der Waals surface area contributed by atoms with Crippen molar-refractivity contribution in [2.45, 2.75) is 120 Å². The molecule has 0 aromatic carbocycles. The van der Waals surface area contributed by atoms with Gasteiger partial charge in [0.15, 0.2) is 0 Å². The van der Waals surface area contributed by atoms with Crippen LogP contribution in [0.15, 0.2) is 0 Å². The molecule has 0 aromatic heterocycles. The molecule has 0 saturated carbocycles. The summed E-state index contributed by atoms with van der Waals surface area (Å²) in [5.41, 5.74) is 0. The van der Waals surface area contributed by atoms with Crippen LogP contribution in [-0.2, 0) is 9.59 Å². The predicted octanol–water partition coefficient (Wildman–Crippen LogP) is 7.60. The summed E-state index contributed by atoms with van der Waals surface area (Å²) >= 11 is 11.4. The Morgan fingerprint density at radius 1 is 0.571 bits per heavy atom. The average Bonchev–Trinajstić information content (AvgIpc) is 2.62. The highest BCUT2D eigenvalue weighted by Crippen LogP contribution is 2.17. The molecule has 0 saturated heterocycles. The van der Waals surface area contributed by atoms with Crippen LogP contribution in [0.3, 0.4) is 0 Å². The third-order valence-corrected chi connectivity index (χ3v) is 5.68. The Bertz CT molecular complexity index is 389. The lowest BCUT2D eigenvalue weighted by Gasteiger charge is -2.09. The predicted molar refractivity (Wildman–Crippen MR) is 117 cm³/mol. The second kappa shape index (κ2) is 19.8. The van der Waals surface area contributed by atoms with Gasteiger partial charge in [0.1, 0.15) is 4.84 Å². The molecule has 1 atom stereocenters. The zero-order valence-electron chi connectivity index (χ0n) is 17.3. The molecule has 0 radical (unpaired) electrons. The molecule has 28 heavy (non-hydrogen) atoms. The van der Waals surface area contributed by atoms with Gasteiger partial charge in [-0.1, -0.05) is 96.3 Å². The number of alkyl halides is 2. The van der Waals surface area contributed by atoms with Gasteiger partial charge in [-0.2, -0.15) is 0 Å². The molecule has 4 nitrogen and oxygen atoms in total. The van der Waals surface area contributed by atoms with E-state index in [-0.39, 0.29) is 11.3 Å².